The fourth-order valence-electron chi connectivity index (χ4n) is 0.978. The van der Waals surface area contributed by atoms with Crippen LogP contribution in [0.2, 0.25) is 0 Å². The maximum absolute atomic E-state index is 9.60. The topological polar surface area (TPSA) is 105 Å². The first kappa shape index (κ1) is 23.3. The fourth-order valence-corrected chi connectivity index (χ4v) is 0.978. The van der Waals surface area contributed by atoms with Gasteiger partial charge in [-0.25, -0.2) is 4.79 Å². The Morgan fingerprint density at radius 3 is 2.05 bits per heavy atom. The third kappa shape index (κ3) is 17.1. The molecule has 0 aliphatic heterocycles. The molecule has 132 valence electrons. The van der Waals surface area contributed by atoms with Crippen molar-refractivity contribution in [2.75, 3.05) is 33.0 Å². The predicted molar refractivity (Wildman–Crippen MR) is 82.9 cm³/mol. The monoisotopic (exact) mass is 322 g/mol. The van der Waals surface area contributed by atoms with Crippen LogP contribution >= 0.6 is 0 Å². The average Bonchev–Trinajstić information content (AvgIpc) is 2.48. The molecule has 0 bridgehead atoms. The molecule has 0 aromatic heterocycles. The summed E-state index contributed by atoms with van der Waals surface area (Å²) in [4.78, 5) is 9.60. The van der Waals surface area contributed by atoms with Crippen molar-refractivity contribution in [3.05, 3.63) is 12.2 Å². The zero-order valence-electron chi connectivity index (χ0n) is 13.9. The van der Waals surface area contributed by atoms with Crippen molar-refractivity contribution in [3.8, 4) is 0 Å². The molecule has 0 amide bonds. The van der Waals surface area contributed by atoms with Crippen LogP contribution < -0.4 is 0 Å². The Hall–Kier alpha value is -0.990. The highest BCUT2D eigenvalue weighted by molar-refractivity contribution is 5.84. The Morgan fingerprint density at radius 1 is 1.14 bits per heavy atom. The first-order valence-corrected chi connectivity index (χ1v) is 7.23. The van der Waals surface area contributed by atoms with Gasteiger partial charge in [-0.3, -0.25) is 0 Å². The highest BCUT2D eigenvalue weighted by atomic mass is 16.5. The van der Waals surface area contributed by atoms with Gasteiger partial charge in [0.2, 0.25) is 0 Å². The number of carboxylic acids is 1. The molecule has 0 aromatic carbocycles. The van der Waals surface area contributed by atoms with Crippen molar-refractivity contribution in [3.63, 3.8) is 0 Å². The molecule has 0 fully saturated rings. The zero-order valence-corrected chi connectivity index (χ0v) is 13.9. The lowest BCUT2D eigenvalue weighted by molar-refractivity contribution is -0.132. The normalized spacial score (nSPS) is 14.5. The second-order valence-electron chi connectivity index (χ2n) is 4.87. The SMILES string of the molecule is C=C(C)C(=O)O.CCOCC(O)COC(C)COC(C)CO. The van der Waals surface area contributed by atoms with Crippen LogP contribution in [0.5, 0.6) is 0 Å². The van der Waals surface area contributed by atoms with E-state index in [0.29, 0.717) is 13.2 Å². The molecule has 0 aliphatic carbocycles. The standard InChI is InChI=1S/C11H24O5.C4H6O2/c1-4-14-7-11(13)8-16-10(3)6-15-9(2)5-12;1-3(2)4(5)6/h9-13H,4-8H2,1-3H3;1H2,2H3,(H,5,6). The van der Waals surface area contributed by atoms with Crippen molar-refractivity contribution in [2.24, 2.45) is 0 Å². The highest BCUT2D eigenvalue weighted by Gasteiger charge is 2.09. The molecule has 0 saturated carbocycles. The lowest BCUT2D eigenvalue weighted by Gasteiger charge is -2.18. The van der Waals surface area contributed by atoms with E-state index < -0.39 is 12.1 Å². The first-order chi connectivity index (χ1) is 10.2. The molecule has 0 radical (unpaired) electrons. The molecular formula is C15H30O7. The van der Waals surface area contributed by atoms with Gasteiger partial charge in [0.25, 0.3) is 0 Å². The molecule has 0 rings (SSSR count). The van der Waals surface area contributed by atoms with Crippen LogP contribution in [-0.4, -0.2) is 72.6 Å². The Kier molecular flexibility index (Phi) is 15.8. The summed E-state index contributed by atoms with van der Waals surface area (Å²) in [5, 5.41) is 26.1. The summed E-state index contributed by atoms with van der Waals surface area (Å²) < 4.78 is 15.7. The van der Waals surface area contributed by atoms with Crippen LogP contribution in [0.1, 0.15) is 27.7 Å². The van der Waals surface area contributed by atoms with Gasteiger partial charge in [-0.2, -0.15) is 0 Å². The minimum Gasteiger partial charge on any atom is -0.478 e. The van der Waals surface area contributed by atoms with Gasteiger partial charge in [-0.1, -0.05) is 6.58 Å². The van der Waals surface area contributed by atoms with Gasteiger partial charge in [0.05, 0.1) is 38.6 Å². The van der Waals surface area contributed by atoms with E-state index in [0.717, 1.165) is 0 Å². The van der Waals surface area contributed by atoms with E-state index in [1.807, 2.05) is 13.8 Å². The molecule has 0 aromatic rings. The predicted octanol–water partition coefficient (Wildman–Crippen LogP) is 0.833. The summed E-state index contributed by atoms with van der Waals surface area (Å²) in [6, 6.07) is 0. The van der Waals surface area contributed by atoms with Gasteiger partial charge in [0, 0.05) is 12.2 Å². The molecule has 3 unspecified atom stereocenters. The van der Waals surface area contributed by atoms with E-state index in [1.165, 1.54) is 6.92 Å². The van der Waals surface area contributed by atoms with E-state index in [2.05, 4.69) is 6.58 Å². The van der Waals surface area contributed by atoms with Crippen molar-refractivity contribution < 1.29 is 34.3 Å². The largest absolute Gasteiger partial charge is 0.478 e. The number of aliphatic hydroxyl groups is 2. The van der Waals surface area contributed by atoms with E-state index >= 15 is 0 Å². The Balaban J connectivity index is 0. The molecule has 0 spiro atoms. The number of carbonyl (C=O) groups is 1. The molecule has 0 heterocycles. The second-order valence-corrected chi connectivity index (χ2v) is 4.87. The number of hydrogen-bond acceptors (Lipinski definition) is 6. The average molecular weight is 322 g/mol. The van der Waals surface area contributed by atoms with Gasteiger partial charge in [0.1, 0.15) is 6.10 Å². The van der Waals surface area contributed by atoms with E-state index in [-0.39, 0.29) is 37.6 Å². The molecular weight excluding hydrogens is 292 g/mol. The Morgan fingerprint density at radius 2 is 1.64 bits per heavy atom. The lowest BCUT2D eigenvalue weighted by Crippen LogP contribution is -2.28. The number of carboxylic acid groups (broad SMARTS) is 1. The summed E-state index contributed by atoms with van der Waals surface area (Å²) in [7, 11) is 0. The van der Waals surface area contributed by atoms with E-state index in [4.69, 9.17) is 24.4 Å². The third-order valence-electron chi connectivity index (χ3n) is 2.33. The summed E-state index contributed by atoms with van der Waals surface area (Å²) in [5.41, 5.74) is 0.176. The van der Waals surface area contributed by atoms with Gasteiger partial charge in [0.15, 0.2) is 0 Å². The molecule has 7 heteroatoms. The highest BCUT2D eigenvalue weighted by Crippen LogP contribution is 1.98. The quantitative estimate of drug-likeness (QED) is 0.484. The van der Waals surface area contributed by atoms with Crippen LogP contribution in [0, 0.1) is 0 Å². The number of rotatable bonds is 11. The zero-order chi connectivity index (χ0) is 17.5. The molecule has 3 N–H and O–H groups in total. The van der Waals surface area contributed by atoms with Crippen LogP contribution in [-0.2, 0) is 19.0 Å². The maximum Gasteiger partial charge on any atom is 0.330 e. The lowest BCUT2D eigenvalue weighted by atomic mass is 10.3. The number of ether oxygens (including phenoxy) is 3. The molecule has 0 saturated heterocycles. The Labute approximate surface area is 132 Å². The Bertz CT molecular complexity index is 282. The number of hydrogen-bond donors (Lipinski definition) is 3. The summed E-state index contributed by atoms with van der Waals surface area (Å²) in [6.07, 6.45) is -0.887. The third-order valence-corrected chi connectivity index (χ3v) is 2.33. The van der Waals surface area contributed by atoms with Crippen LogP contribution in [0.25, 0.3) is 0 Å². The van der Waals surface area contributed by atoms with Crippen LogP contribution in [0.15, 0.2) is 12.2 Å². The van der Waals surface area contributed by atoms with Crippen LogP contribution in [0.4, 0.5) is 0 Å². The van der Waals surface area contributed by atoms with Gasteiger partial charge in [-0.15, -0.1) is 0 Å². The smallest absolute Gasteiger partial charge is 0.330 e. The van der Waals surface area contributed by atoms with E-state index in [9.17, 15) is 9.90 Å². The number of aliphatic hydroxyl groups excluding tert-OH is 2. The van der Waals surface area contributed by atoms with Gasteiger partial charge >= 0.3 is 5.97 Å². The molecule has 0 aliphatic rings. The van der Waals surface area contributed by atoms with Gasteiger partial charge in [-0.05, 0) is 27.7 Å². The second kappa shape index (κ2) is 14.9. The van der Waals surface area contributed by atoms with Crippen LogP contribution in [0.3, 0.4) is 0 Å². The number of aliphatic carboxylic acids is 1. The maximum atomic E-state index is 9.60. The van der Waals surface area contributed by atoms with Crippen molar-refractivity contribution in [2.45, 2.75) is 46.0 Å². The molecule has 7 nitrogen and oxygen atoms in total. The fraction of sp³-hybridized carbons (Fsp3) is 0.800. The van der Waals surface area contributed by atoms with Crippen molar-refractivity contribution in [1.29, 1.82) is 0 Å². The van der Waals surface area contributed by atoms with Crippen molar-refractivity contribution >= 4 is 5.97 Å². The first-order valence-electron chi connectivity index (χ1n) is 7.23. The summed E-state index contributed by atoms with van der Waals surface area (Å²) in [6.45, 7) is 11.6. The minimum atomic E-state index is -0.935. The van der Waals surface area contributed by atoms with Gasteiger partial charge < -0.3 is 29.5 Å². The van der Waals surface area contributed by atoms with E-state index in [1.54, 1.807) is 6.92 Å². The summed E-state index contributed by atoms with van der Waals surface area (Å²) in [5.74, 6) is -0.935. The molecule has 22 heavy (non-hydrogen) atoms. The molecule has 3 atom stereocenters. The minimum absolute atomic E-state index is 0.000312. The summed E-state index contributed by atoms with van der Waals surface area (Å²) >= 11 is 0. The van der Waals surface area contributed by atoms with Crippen molar-refractivity contribution in [1.82, 2.24) is 0 Å².